The molecule has 1 aromatic heterocycles. The second-order valence-electron chi connectivity index (χ2n) is 7.54. The van der Waals surface area contributed by atoms with E-state index in [9.17, 15) is 4.79 Å². The van der Waals surface area contributed by atoms with E-state index < -0.39 is 0 Å². The number of amides is 1. The fraction of sp³-hybridized carbons (Fsp3) is 0.286. The molecule has 0 aliphatic carbocycles. The Labute approximate surface area is 174 Å². The molecule has 3 rings (SSSR count). The number of carbonyl (C=O) groups excluding carboxylic acids is 1. The molecule has 0 spiro atoms. The number of hydrogen-bond donors (Lipinski definition) is 1. The van der Waals surface area contributed by atoms with Crippen molar-refractivity contribution in [1.29, 1.82) is 0 Å². The second-order valence-corrected chi connectivity index (χ2v) is 8.92. The van der Waals surface area contributed by atoms with Gasteiger partial charge in [-0.05, 0) is 47.4 Å². The van der Waals surface area contributed by atoms with Crippen molar-refractivity contribution in [2.75, 3.05) is 11.1 Å². The van der Waals surface area contributed by atoms with Crippen LogP contribution in [-0.2, 0) is 17.3 Å². The molecule has 5 nitrogen and oxygen atoms in total. The van der Waals surface area contributed by atoms with Gasteiger partial charge in [-0.3, -0.25) is 4.79 Å². The van der Waals surface area contributed by atoms with Crippen LogP contribution in [0.1, 0.15) is 26.3 Å². The van der Waals surface area contributed by atoms with Gasteiger partial charge in [0.1, 0.15) is 0 Å². The minimum absolute atomic E-state index is 0.0791. The maximum Gasteiger partial charge on any atom is 0.234 e. The Bertz CT molecular complexity index is 960. The third-order valence-electron chi connectivity index (χ3n) is 4.30. The van der Waals surface area contributed by atoms with E-state index in [-0.39, 0.29) is 17.1 Å². The van der Waals surface area contributed by atoms with Crippen LogP contribution in [0.3, 0.4) is 0 Å². The average molecular weight is 415 g/mol. The summed E-state index contributed by atoms with van der Waals surface area (Å²) in [6.07, 6.45) is 0. The molecule has 0 unspecified atom stereocenters. The van der Waals surface area contributed by atoms with E-state index in [0.717, 1.165) is 17.1 Å². The van der Waals surface area contributed by atoms with Gasteiger partial charge in [0.25, 0.3) is 0 Å². The zero-order valence-electron chi connectivity index (χ0n) is 16.4. The highest BCUT2D eigenvalue weighted by molar-refractivity contribution is 7.99. The Balaban J connectivity index is 1.60. The van der Waals surface area contributed by atoms with Crippen molar-refractivity contribution in [3.63, 3.8) is 0 Å². The summed E-state index contributed by atoms with van der Waals surface area (Å²) in [5.41, 5.74) is 3.03. The van der Waals surface area contributed by atoms with Crippen LogP contribution in [0.15, 0.2) is 53.7 Å². The van der Waals surface area contributed by atoms with Gasteiger partial charge in [-0.2, -0.15) is 0 Å². The molecule has 0 fully saturated rings. The Kier molecular flexibility index (Phi) is 6.10. The van der Waals surface area contributed by atoms with Gasteiger partial charge in [0, 0.05) is 23.3 Å². The van der Waals surface area contributed by atoms with Crippen LogP contribution in [0.5, 0.6) is 0 Å². The zero-order chi connectivity index (χ0) is 20.3. The van der Waals surface area contributed by atoms with E-state index in [1.54, 1.807) is 0 Å². The molecule has 0 saturated heterocycles. The van der Waals surface area contributed by atoms with Crippen LogP contribution in [0.4, 0.5) is 5.69 Å². The van der Waals surface area contributed by atoms with Crippen molar-refractivity contribution >= 4 is 35.0 Å². The standard InChI is InChI=1S/C21H23ClN4OS/c1-21(2,3)15-7-11-17(12-8-15)23-18(27)13-28-20-25-24-19(26(20)4)14-5-9-16(22)10-6-14/h5-12H,13H2,1-4H3,(H,23,27). The van der Waals surface area contributed by atoms with Gasteiger partial charge in [0.2, 0.25) is 5.91 Å². The van der Waals surface area contributed by atoms with E-state index in [2.05, 4.69) is 36.3 Å². The molecule has 0 aliphatic rings. The Morgan fingerprint density at radius 2 is 1.71 bits per heavy atom. The number of halogens is 1. The number of nitrogens with one attached hydrogen (secondary N) is 1. The van der Waals surface area contributed by atoms with Crippen LogP contribution in [0, 0.1) is 0 Å². The first-order chi connectivity index (χ1) is 13.2. The van der Waals surface area contributed by atoms with Crippen molar-refractivity contribution in [2.45, 2.75) is 31.3 Å². The molecule has 0 atom stereocenters. The van der Waals surface area contributed by atoms with Gasteiger partial charge in [0.05, 0.1) is 5.75 Å². The first-order valence-corrected chi connectivity index (χ1v) is 10.3. The lowest BCUT2D eigenvalue weighted by atomic mass is 9.87. The van der Waals surface area contributed by atoms with Crippen molar-refractivity contribution in [3.8, 4) is 11.4 Å². The lowest BCUT2D eigenvalue weighted by molar-refractivity contribution is -0.113. The Morgan fingerprint density at radius 1 is 1.07 bits per heavy atom. The number of hydrogen-bond acceptors (Lipinski definition) is 4. The average Bonchev–Trinajstić information content (AvgIpc) is 3.01. The molecular weight excluding hydrogens is 392 g/mol. The lowest BCUT2D eigenvalue weighted by Gasteiger charge is -2.19. The summed E-state index contributed by atoms with van der Waals surface area (Å²) in [6.45, 7) is 6.49. The molecule has 3 aromatic rings. The van der Waals surface area contributed by atoms with Gasteiger partial charge < -0.3 is 9.88 Å². The van der Waals surface area contributed by atoms with E-state index in [4.69, 9.17) is 11.6 Å². The van der Waals surface area contributed by atoms with E-state index in [1.165, 1.54) is 17.3 Å². The van der Waals surface area contributed by atoms with Crippen LogP contribution in [0.2, 0.25) is 5.02 Å². The van der Waals surface area contributed by atoms with Crippen LogP contribution in [0.25, 0.3) is 11.4 Å². The van der Waals surface area contributed by atoms with E-state index in [1.807, 2.05) is 60.1 Å². The highest BCUT2D eigenvalue weighted by Gasteiger charge is 2.15. The molecule has 146 valence electrons. The summed E-state index contributed by atoms with van der Waals surface area (Å²) in [5.74, 6) is 0.912. The maximum absolute atomic E-state index is 12.3. The summed E-state index contributed by atoms with van der Waals surface area (Å²) in [5, 5.41) is 12.7. The molecule has 28 heavy (non-hydrogen) atoms. The topological polar surface area (TPSA) is 59.8 Å². The molecule has 1 amide bonds. The Morgan fingerprint density at radius 3 is 2.32 bits per heavy atom. The largest absolute Gasteiger partial charge is 0.325 e. The molecular formula is C21H23ClN4OS. The third kappa shape index (κ3) is 4.94. The van der Waals surface area contributed by atoms with Crippen LogP contribution >= 0.6 is 23.4 Å². The number of anilines is 1. The van der Waals surface area contributed by atoms with E-state index >= 15 is 0 Å². The molecule has 0 saturated carbocycles. The van der Waals surface area contributed by atoms with E-state index in [0.29, 0.717) is 10.2 Å². The first-order valence-electron chi connectivity index (χ1n) is 8.92. The number of thioether (sulfide) groups is 1. The number of nitrogens with zero attached hydrogens (tertiary/aromatic N) is 3. The monoisotopic (exact) mass is 414 g/mol. The SMILES string of the molecule is Cn1c(SCC(=O)Nc2ccc(C(C)(C)C)cc2)nnc1-c1ccc(Cl)cc1. The summed E-state index contributed by atoms with van der Waals surface area (Å²) < 4.78 is 1.87. The zero-order valence-corrected chi connectivity index (χ0v) is 17.9. The fourth-order valence-electron chi connectivity index (χ4n) is 2.67. The van der Waals surface area contributed by atoms with Gasteiger partial charge in [-0.25, -0.2) is 0 Å². The predicted octanol–water partition coefficient (Wildman–Crippen LogP) is 5.16. The second kappa shape index (κ2) is 8.37. The van der Waals surface area contributed by atoms with Crippen LogP contribution in [-0.4, -0.2) is 26.4 Å². The molecule has 2 aromatic carbocycles. The highest BCUT2D eigenvalue weighted by Crippen LogP contribution is 2.25. The first kappa shape index (κ1) is 20.4. The summed E-state index contributed by atoms with van der Waals surface area (Å²) >= 11 is 7.29. The molecule has 0 bridgehead atoms. The van der Waals surface area contributed by atoms with Crippen LogP contribution < -0.4 is 5.32 Å². The fourth-order valence-corrected chi connectivity index (χ4v) is 3.51. The lowest BCUT2D eigenvalue weighted by Crippen LogP contribution is -2.15. The normalized spacial score (nSPS) is 11.5. The summed E-state index contributed by atoms with van der Waals surface area (Å²) in [4.78, 5) is 12.3. The molecule has 1 N–H and O–H groups in total. The van der Waals surface area contributed by atoms with Gasteiger partial charge in [-0.15, -0.1) is 10.2 Å². The number of aromatic nitrogens is 3. The smallest absolute Gasteiger partial charge is 0.234 e. The maximum atomic E-state index is 12.3. The molecule has 0 aliphatic heterocycles. The third-order valence-corrected chi connectivity index (χ3v) is 5.58. The quantitative estimate of drug-likeness (QED) is 0.585. The Hall–Kier alpha value is -2.31. The number of carbonyl (C=O) groups is 1. The van der Waals surface area contributed by atoms with Crippen molar-refractivity contribution in [2.24, 2.45) is 7.05 Å². The highest BCUT2D eigenvalue weighted by atomic mass is 35.5. The molecule has 1 heterocycles. The van der Waals surface area contributed by atoms with Gasteiger partial charge in [-0.1, -0.05) is 56.3 Å². The molecule has 7 heteroatoms. The van der Waals surface area contributed by atoms with Gasteiger partial charge >= 0.3 is 0 Å². The predicted molar refractivity (Wildman–Crippen MR) is 116 cm³/mol. The van der Waals surface area contributed by atoms with Crippen molar-refractivity contribution in [1.82, 2.24) is 14.8 Å². The van der Waals surface area contributed by atoms with Crippen molar-refractivity contribution in [3.05, 3.63) is 59.1 Å². The summed E-state index contributed by atoms with van der Waals surface area (Å²) in [6, 6.07) is 15.4. The minimum Gasteiger partial charge on any atom is -0.325 e. The number of rotatable bonds is 5. The van der Waals surface area contributed by atoms with Gasteiger partial charge in [0.15, 0.2) is 11.0 Å². The number of benzene rings is 2. The molecule has 0 radical (unpaired) electrons. The minimum atomic E-state index is -0.0791. The van der Waals surface area contributed by atoms with Crippen molar-refractivity contribution < 1.29 is 4.79 Å². The summed E-state index contributed by atoms with van der Waals surface area (Å²) in [7, 11) is 1.88.